The molecular formula is C14H22N2O4S. The summed E-state index contributed by atoms with van der Waals surface area (Å²) in [6, 6.07) is 8.03. The topological polar surface area (TPSA) is 86.7 Å². The predicted molar refractivity (Wildman–Crippen MR) is 80.8 cm³/mol. The Morgan fingerprint density at radius 2 is 1.86 bits per heavy atom. The largest absolute Gasteiger partial charge is 0.480 e. The molecule has 0 saturated carbocycles. The number of rotatable bonds is 8. The van der Waals surface area contributed by atoms with E-state index in [9.17, 15) is 13.2 Å². The summed E-state index contributed by atoms with van der Waals surface area (Å²) in [5.74, 6) is -1.52. The van der Waals surface area contributed by atoms with Crippen LogP contribution in [0.2, 0.25) is 0 Å². The smallest absolute Gasteiger partial charge is 0.322 e. The van der Waals surface area contributed by atoms with Crippen molar-refractivity contribution in [1.29, 1.82) is 0 Å². The average molecular weight is 314 g/mol. The fraction of sp³-hybridized carbons (Fsp3) is 0.500. The first-order valence-corrected chi connectivity index (χ1v) is 8.26. The van der Waals surface area contributed by atoms with E-state index in [1.807, 2.05) is 30.3 Å². The molecule has 0 amide bonds. The van der Waals surface area contributed by atoms with E-state index in [4.69, 9.17) is 5.11 Å². The summed E-state index contributed by atoms with van der Waals surface area (Å²) in [5, 5.41) is 9.11. The van der Waals surface area contributed by atoms with Crippen molar-refractivity contribution in [3.8, 4) is 0 Å². The maximum atomic E-state index is 12.3. The molecule has 7 heteroatoms. The van der Waals surface area contributed by atoms with Gasteiger partial charge < -0.3 is 5.11 Å². The van der Waals surface area contributed by atoms with Gasteiger partial charge in [-0.15, -0.1) is 0 Å². The molecule has 1 rings (SSSR count). The number of benzene rings is 1. The van der Waals surface area contributed by atoms with Gasteiger partial charge in [0.2, 0.25) is 0 Å². The lowest BCUT2D eigenvalue weighted by atomic mass is 10.1. The maximum Gasteiger partial charge on any atom is 0.322 e. The highest BCUT2D eigenvalue weighted by atomic mass is 32.2. The first-order chi connectivity index (χ1) is 9.77. The molecule has 0 aliphatic heterocycles. The van der Waals surface area contributed by atoms with Crippen molar-refractivity contribution in [2.45, 2.75) is 33.4 Å². The van der Waals surface area contributed by atoms with Crippen LogP contribution in [0.15, 0.2) is 30.3 Å². The van der Waals surface area contributed by atoms with Crippen molar-refractivity contribution in [3.05, 3.63) is 35.9 Å². The van der Waals surface area contributed by atoms with E-state index in [-0.39, 0.29) is 19.0 Å². The number of hydrogen-bond acceptors (Lipinski definition) is 3. The molecule has 2 N–H and O–H groups in total. The zero-order chi connectivity index (χ0) is 16.0. The highest BCUT2D eigenvalue weighted by Gasteiger charge is 2.30. The Hall–Kier alpha value is -1.44. The van der Waals surface area contributed by atoms with Crippen LogP contribution in [0, 0.1) is 5.92 Å². The third-order valence-electron chi connectivity index (χ3n) is 3.10. The SMILES string of the molecule is CCN(Cc1ccccc1)S(=O)(=O)NC(C(=O)O)C(C)C. The molecule has 0 saturated heterocycles. The molecule has 1 atom stereocenters. The molecule has 0 aliphatic rings. The second-order valence-corrected chi connectivity index (χ2v) is 6.80. The van der Waals surface area contributed by atoms with Crippen molar-refractivity contribution in [3.63, 3.8) is 0 Å². The number of aliphatic carboxylic acids is 1. The minimum Gasteiger partial charge on any atom is -0.480 e. The Morgan fingerprint density at radius 3 is 2.29 bits per heavy atom. The van der Waals surface area contributed by atoms with Gasteiger partial charge in [0.25, 0.3) is 10.2 Å². The minimum absolute atomic E-state index is 0.205. The molecule has 0 fully saturated rings. The molecule has 1 aromatic carbocycles. The number of nitrogens with one attached hydrogen (secondary N) is 1. The van der Waals surface area contributed by atoms with Gasteiger partial charge in [0.05, 0.1) is 0 Å². The van der Waals surface area contributed by atoms with E-state index in [0.717, 1.165) is 5.56 Å². The van der Waals surface area contributed by atoms with Gasteiger partial charge in [-0.3, -0.25) is 4.79 Å². The highest BCUT2D eigenvalue weighted by molar-refractivity contribution is 7.87. The fourth-order valence-electron chi connectivity index (χ4n) is 1.86. The Labute approximate surface area is 126 Å². The Balaban J connectivity index is 2.90. The lowest BCUT2D eigenvalue weighted by molar-refractivity contribution is -0.140. The van der Waals surface area contributed by atoms with Crippen molar-refractivity contribution in [2.24, 2.45) is 5.92 Å². The van der Waals surface area contributed by atoms with E-state index in [0.29, 0.717) is 0 Å². The molecule has 0 aliphatic carbocycles. The average Bonchev–Trinajstić information content (AvgIpc) is 2.42. The zero-order valence-electron chi connectivity index (χ0n) is 12.5. The van der Waals surface area contributed by atoms with Crippen LogP contribution in [0.1, 0.15) is 26.3 Å². The van der Waals surface area contributed by atoms with Crippen LogP contribution in [0.25, 0.3) is 0 Å². The van der Waals surface area contributed by atoms with Gasteiger partial charge >= 0.3 is 5.97 Å². The van der Waals surface area contributed by atoms with Gasteiger partial charge in [-0.2, -0.15) is 17.4 Å². The van der Waals surface area contributed by atoms with Crippen molar-refractivity contribution in [2.75, 3.05) is 6.54 Å². The van der Waals surface area contributed by atoms with Crippen LogP contribution in [-0.4, -0.2) is 36.4 Å². The van der Waals surface area contributed by atoms with Gasteiger partial charge in [-0.05, 0) is 11.5 Å². The quantitative estimate of drug-likeness (QED) is 0.760. The Bertz CT molecular complexity index is 558. The molecule has 6 nitrogen and oxygen atoms in total. The van der Waals surface area contributed by atoms with Gasteiger partial charge in [0, 0.05) is 13.1 Å². The monoisotopic (exact) mass is 314 g/mol. The molecule has 0 bridgehead atoms. The van der Waals surface area contributed by atoms with Crippen LogP contribution in [0.5, 0.6) is 0 Å². The van der Waals surface area contributed by atoms with Crippen molar-refractivity contribution in [1.82, 2.24) is 9.03 Å². The van der Waals surface area contributed by atoms with Gasteiger partial charge in [-0.25, -0.2) is 0 Å². The highest BCUT2D eigenvalue weighted by Crippen LogP contribution is 2.11. The summed E-state index contributed by atoms with van der Waals surface area (Å²) in [6.45, 7) is 5.50. The van der Waals surface area contributed by atoms with Crippen molar-refractivity contribution >= 4 is 16.2 Å². The van der Waals surface area contributed by atoms with Gasteiger partial charge in [0.1, 0.15) is 6.04 Å². The molecule has 1 unspecified atom stereocenters. The fourth-order valence-corrected chi connectivity index (χ4v) is 3.36. The van der Waals surface area contributed by atoms with E-state index in [1.54, 1.807) is 20.8 Å². The second-order valence-electron chi connectivity index (χ2n) is 5.09. The van der Waals surface area contributed by atoms with Crippen LogP contribution < -0.4 is 4.72 Å². The molecule has 0 aromatic heterocycles. The van der Waals surface area contributed by atoms with E-state index < -0.39 is 22.2 Å². The van der Waals surface area contributed by atoms with E-state index in [1.165, 1.54) is 4.31 Å². The molecule has 1 aromatic rings. The number of hydrogen-bond donors (Lipinski definition) is 2. The molecule has 0 spiro atoms. The molecule has 21 heavy (non-hydrogen) atoms. The molecule has 118 valence electrons. The predicted octanol–water partition coefficient (Wildman–Crippen LogP) is 1.45. The number of carboxylic acids is 1. The molecular weight excluding hydrogens is 292 g/mol. The summed E-state index contributed by atoms with van der Waals surface area (Å²) in [5.41, 5.74) is 0.848. The number of carbonyl (C=O) groups is 1. The second kappa shape index (κ2) is 7.53. The summed E-state index contributed by atoms with van der Waals surface area (Å²) in [7, 11) is -3.86. The van der Waals surface area contributed by atoms with Gasteiger partial charge in [-0.1, -0.05) is 51.1 Å². The summed E-state index contributed by atoms with van der Waals surface area (Å²) in [4.78, 5) is 11.1. The van der Waals surface area contributed by atoms with Crippen LogP contribution in [0.4, 0.5) is 0 Å². The third kappa shape index (κ3) is 5.11. The lowest BCUT2D eigenvalue weighted by Gasteiger charge is -2.25. The Morgan fingerprint density at radius 1 is 1.29 bits per heavy atom. The minimum atomic E-state index is -3.86. The standard InChI is InChI=1S/C14H22N2O4S/c1-4-16(10-12-8-6-5-7-9-12)21(19,20)15-13(11(2)3)14(17)18/h5-9,11,13,15H,4,10H2,1-3H3,(H,17,18). The van der Waals surface area contributed by atoms with Crippen molar-refractivity contribution < 1.29 is 18.3 Å². The van der Waals surface area contributed by atoms with E-state index in [2.05, 4.69) is 4.72 Å². The first-order valence-electron chi connectivity index (χ1n) is 6.82. The summed E-state index contributed by atoms with van der Waals surface area (Å²) >= 11 is 0. The number of carboxylic acid groups (broad SMARTS) is 1. The van der Waals surface area contributed by atoms with E-state index >= 15 is 0 Å². The van der Waals surface area contributed by atoms with Crippen LogP contribution >= 0.6 is 0 Å². The van der Waals surface area contributed by atoms with Crippen LogP contribution in [-0.2, 0) is 21.5 Å². The molecule has 0 radical (unpaired) electrons. The molecule has 0 heterocycles. The normalized spacial score (nSPS) is 13.6. The van der Waals surface area contributed by atoms with Crippen LogP contribution in [0.3, 0.4) is 0 Å². The third-order valence-corrected chi connectivity index (χ3v) is 4.72. The van der Waals surface area contributed by atoms with Gasteiger partial charge in [0.15, 0.2) is 0 Å². The summed E-state index contributed by atoms with van der Waals surface area (Å²) in [6.07, 6.45) is 0. The summed E-state index contributed by atoms with van der Waals surface area (Å²) < 4.78 is 28.2. The first kappa shape index (κ1) is 17.6. The Kier molecular flexibility index (Phi) is 6.32. The zero-order valence-corrected chi connectivity index (χ0v) is 13.3. The maximum absolute atomic E-state index is 12.3. The number of nitrogens with zero attached hydrogens (tertiary/aromatic N) is 1. The lowest BCUT2D eigenvalue weighted by Crippen LogP contribution is -2.50.